The van der Waals surface area contributed by atoms with Crippen LogP contribution in [0.4, 0.5) is 0 Å². The second kappa shape index (κ2) is 4.17. The van der Waals surface area contributed by atoms with Gasteiger partial charge < -0.3 is 4.74 Å². The first-order valence-corrected chi connectivity index (χ1v) is 5.78. The van der Waals surface area contributed by atoms with E-state index in [0.717, 1.165) is 6.42 Å². The van der Waals surface area contributed by atoms with Crippen LogP contribution in [0.1, 0.15) is 42.9 Å². The molecule has 0 N–H and O–H groups in total. The fraction of sp³-hybridized carbons (Fsp3) is 0.500. The van der Waals surface area contributed by atoms with Gasteiger partial charge in [0, 0.05) is 0 Å². The molecule has 2 heteroatoms. The molecule has 1 aromatic carbocycles. The van der Waals surface area contributed by atoms with E-state index in [1.165, 1.54) is 17.5 Å². The average Bonchev–Trinajstić information content (AvgIpc) is 2.32. The van der Waals surface area contributed by atoms with E-state index in [-0.39, 0.29) is 0 Å². The van der Waals surface area contributed by atoms with Crippen molar-refractivity contribution in [1.29, 1.82) is 5.26 Å². The number of benzene rings is 1. The van der Waals surface area contributed by atoms with Crippen LogP contribution in [0.5, 0.6) is 5.75 Å². The lowest BCUT2D eigenvalue weighted by Crippen LogP contribution is -2.16. The fourth-order valence-electron chi connectivity index (χ4n) is 2.48. The number of ether oxygens (including phenoxy) is 1. The summed E-state index contributed by atoms with van der Waals surface area (Å²) < 4.78 is 5.26. The van der Waals surface area contributed by atoms with Crippen molar-refractivity contribution in [3.05, 3.63) is 28.8 Å². The van der Waals surface area contributed by atoms with E-state index >= 15 is 0 Å². The first kappa shape index (κ1) is 11.0. The smallest absolute Gasteiger partial charge is 0.136 e. The van der Waals surface area contributed by atoms with E-state index in [2.05, 4.69) is 19.9 Å². The lowest BCUT2D eigenvalue weighted by Gasteiger charge is -2.29. The quantitative estimate of drug-likeness (QED) is 0.720. The minimum absolute atomic E-state index is 0.561. The first-order valence-electron chi connectivity index (χ1n) is 5.78. The number of rotatable bonds is 1. The lowest BCUT2D eigenvalue weighted by molar-refractivity contribution is 0.401. The van der Waals surface area contributed by atoms with Crippen LogP contribution in [-0.4, -0.2) is 7.11 Å². The van der Waals surface area contributed by atoms with Gasteiger partial charge in [0.2, 0.25) is 0 Å². The topological polar surface area (TPSA) is 33.0 Å². The Bertz CT molecular complexity index is 445. The molecule has 0 heterocycles. The predicted molar refractivity (Wildman–Crippen MR) is 63.6 cm³/mol. The van der Waals surface area contributed by atoms with Gasteiger partial charge in [0.15, 0.2) is 0 Å². The Hall–Kier alpha value is -1.49. The summed E-state index contributed by atoms with van der Waals surface area (Å²) in [7, 11) is 1.62. The molecule has 0 radical (unpaired) electrons. The van der Waals surface area contributed by atoms with Crippen molar-refractivity contribution >= 4 is 0 Å². The van der Waals surface area contributed by atoms with Gasteiger partial charge in [0.25, 0.3) is 0 Å². The molecule has 0 spiro atoms. The average molecular weight is 215 g/mol. The highest BCUT2D eigenvalue weighted by molar-refractivity contribution is 5.50. The Balaban J connectivity index is 2.53. The molecule has 0 bridgehead atoms. The summed E-state index contributed by atoms with van der Waals surface area (Å²) in [6, 6.07) is 6.24. The number of nitriles is 1. The van der Waals surface area contributed by atoms with Crippen LogP contribution in [0.25, 0.3) is 0 Å². The van der Waals surface area contributed by atoms with Gasteiger partial charge in [-0.2, -0.15) is 5.26 Å². The van der Waals surface area contributed by atoms with Crippen molar-refractivity contribution in [2.24, 2.45) is 5.92 Å². The van der Waals surface area contributed by atoms with Crippen LogP contribution in [0.2, 0.25) is 0 Å². The van der Waals surface area contributed by atoms with Gasteiger partial charge in [0.05, 0.1) is 12.7 Å². The molecule has 0 fully saturated rings. The number of hydrogen-bond acceptors (Lipinski definition) is 2. The Morgan fingerprint density at radius 2 is 2.12 bits per heavy atom. The Morgan fingerprint density at radius 3 is 2.75 bits per heavy atom. The molecule has 0 aliphatic heterocycles. The summed E-state index contributed by atoms with van der Waals surface area (Å²) >= 11 is 0. The third kappa shape index (κ3) is 1.67. The molecule has 1 unspecified atom stereocenters. The van der Waals surface area contributed by atoms with E-state index in [1.807, 2.05) is 12.1 Å². The third-order valence-electron chi connectivity index (χ3n) is 3.79. The molecule has 2 atom stereocenters. The number of aryl methyl sites for hydroxylation is 1. The Morgan fingerprint density at radius 1 is 1.38 bits per heavy atom. The zero-order valence-electron chi connectivity index (χ0n) is 10.1. The maximum Gasteiger partial charge on any atom is 0.136 e. The van der Waals surface area contributed by atoms with Crippen molar-refractivity contribution in [1.82, 2.24) is 0 Å². The molecular weight excluding hydrogens is 198 g/mol. The van der Waals surface area contributed by atoms with E-state index in [4.69, 9.17) is 10.00 Å². The number of methoxy groups -OCH3 is 1. The molecule has 0 saturated carbocycles. The molecule has 84 valence electrons. The number of nitrogens with zero attached hydrogens (tertiary/aromatic N) is 1. The molecule has 0 aromatic heterocycles. The highest BCUT2D eigenvalue weighted by atomic mass is 16.5. The second-order valence-electron chi connectivity index (χ2n) is 4.67. The maximum atomic E-state index is 9.04. The Labute approximate surface area is 96.9 Å². The minimum atomic E-state index is 0.561. The minimum Gasteiger partial charge on any atom is -0.495 e. The van der Waals surface area contributed by atoms with Gasteiger partial charge in [-0.15, -0.1) is 0 Å². The summed E-state index contributed by atoms with van der Waals surface area (Å²) in [5, 5.41) is 9.04. The van der Waals surface area contributed by atoms with Gasteiger partial charge >= 0.3 is 0 Å². The largest absolute Gasteiger partial charge is 0.495 e. The normalized spacial score (nSPS) is 23.4. The SMILES string of the molecule is COc1cc2c(cc1C#N)CCC(C)[C@@H]2C. The molecule has 2 rings (SSSR count). The van der Waals surface area contributed by atoms with Crippen molar-refractivity contribution in [3.8, 4) is 11.8 Å². The fourth-order valence-corrected chi connectivity index (χ4v) is 2.48. The second-order valence-corrected chi connectivity index (χ2v) is 4.67. The molecular formula is C14H17NO. The van der Waals surface area contributed by atoms with Crippen LogP contribution >= 0.6 is 0 Å². The zero-order valence-corrected chi connectivity index (χ0v) is 10.1. The van der Waals surface area contributed by atoms with Crippen molar-refractivity contribution in [2.75, 3.05) is 7.11 Å². The molecule has 16 heavy (non-hydrogen) atoms. The number of hydrogen-bond donors (Lipinski definition) is 0. The van der Waals surface area contributed by atoms with Gasteiger partial charge in [-0.3, -0.25) is 0 Å². The van der Waals surface area contributed by atoms with E-state index in [0.29, 0.717) is 23.1 Å². The number of fused-ring (bicyclic) bond motifs is 1. The van der Waals surface area contributed by atoms with Crippen LogP contribution < -0.4 is 4.74 Å². The highest BCUT2D eigenvalue weighted by Crippen LogP contribution is 2.38. The van der Waals surface area contributed by atoms with Crippen LogP contribution in [-0.2, 0) is 6.42 Å². The monoisotopic (exact) mass is 215 g/mol. The van der Waals surface area contributed by atoms with Gasteiger partial charge in [-0.25, -0.2) is 0 Å². The van der Waals surface area contributed by atoms with Crippen LogP contribution in [0.3, 0.4) is 0 Å². The first-order chi connectivity index (χ1) is 7.67. The summed E-state index contributed by atoms with van der Waals surface area (Å²) in [4.78, 5) is 0. The lowest BCUT2D eigenvalue weighted by atomic mass is 9.76. The zero-order chi connectivity index (χ0) is 11.7. The summed E-state index contributed by atoms with van der Waals surface area (Å²) in [6.07, 6.45) is 2.30. The molecule has 0 amide bonds. The highest BCUT2D eigenvalue weighted by Gasteiger charge is 2.24. The molecule has 0 saturated heterocycles. The standard InChI is InChI=1S/C14H17NO/c1-9-4-5-11-6-12(8-15)14(16-3)7-13(11)10(9)2/h6-7,9-10H,4-5H2,1-3H3/t9?,10-/m0/s1. The van der Waals surface area contributed by atoms with E-state index < -0.39 is 0 Å². The van der Waals surface area contributed by atoms with Crippen LogP contribution in [0, 0.1) is 17.2 Å². The molecule has 2 nitrogen and oxygen atoms in total. The molecule has 1 aromatic rings. The van der Waals surface area contributed by atoms with Gasteiger partial charge in [-0.1, -0.05) is 13.8 Å². The summed E-state index contributed by atoms with van der Waals surface area (Å²) in [5.74, 6) is 1.98. The third-order valence-corrected chi connectivity index (χ3v) is 3.79. The predicted octanol–water partition coefficient (Wildman–Crippen LogP) is 3.25. The van der Waals surface area contributed by atoms with Gasteiger partial charge in [0.1, 0.15) is 11.8 Å². The van der Waals surface area contributed by atoms with Crippen LogP contribution in [0.15, 0.2) is 12.1 Å². The summed E-state index contributed by atoms with van der Waals surface area (Å²) in [5.41, 5.74) is 3.33. The van der Waals surface area contributed by atoms with Crippen molar-refractivity contribution < 1.29 is 4.74 Å². The van der Waals surface area contributed by atoms with E-state index in [1.54, 1.807) is 7.11 Å². The Kier molecular flexibility index (Phi) is 2.87. The van der Waals surface area contributed by atoms with Gasteiger partial charge in [-0.05, 0) is 47.9 Å². The van der Waals surface area contributed by atoms with Crippen molar-refractivity contribution in [2.45, 2.75) is 32.6 Å². The maximum absolute atomic E-state index is 9.04. The van der Waals surface area contributed by atoms with Crippen molar-refractivity contribution in [3.63, 3.8) is 0 Å². The summed E-state index contributed by atoms with van der Waals surface area (Å²) in [6.45, 7) is 4.55. The molecule has 1 aliphatic rings. The van der Waals surface area contributed by atoms with E-state index in [9.17, 15) is 0 Å². The molecule has 1 aliphatic carbocycles.